The smallest absolute Gasteiger partial charge is 0.260 e. The molecule has 0 bridgehead atoms. The highest BCUT2D eigenvalue weighted by molar-refractivity contribution is 6.31. The van der Waals surface area contributed by atoms with Crippen molar-refractivity contribution in [1.29, 1.82) is 0 Å². The fourth-order valence-electron chi connectivity index (χ4n) is 3.37. The zero-order valence-corrected chi connectivity index (χ0v) is 14.5. The molecule has 0 spiro atoms. The number of hydrogen-bond donors (Lipinski definition) is 0. The fraction of sp³-hybridized carbons (Fsp3) is 0.211. The van der Waals surface area contributed by atoms with Crippen LogP contribution in [0.15, 0.2) is 60.9 Å². The minimum atomic E-state index is -0.115. The summed E-state index contributed by atoms with van der Waals surface area (Å²) in [6.07, 6.45) is 2.27. The standard InChI is InChI=1S/C19H17ClN4O/c1-13-10-17(14-6-3-2-4-7-14)24-19(21-12-22-24)23(13)18(25)15-8-5-9-16(20)11-15/h2-9,11-13,17H,10H2,1H3/t13-,17-/m0/s1. The molecule has 3 aromatic rings. The van der Waals surface area contributed by atoms with Gasteiger partial charge in [0.15, 0.2) is 0 Å². The number of halogens is 1. The van der Waals surface area contributed by atoms with Crippen LogP contribution in [0, 0.1) is 0 Å². The van der Waals surface area contributed by atoms with Gasteiger partial charge in [-0.1, -0.05) is 48.0 Å². The fourth-order valence-corrected chi connectivity index (χ4v) is 3.56. The molecular weight excluding hydrogens is 336 g/mol. The summed E-state index contributed by atoms with van der Waals surface area (Å²) in [4.78, 5) is 19.1. The molecule has 0 saturated carbocycles. The topological polar surface area (TPSA) is 51.0 Å². The Kier molecular flexibility index (Phi) is 4.01. The van der Waals surface area contributed by atoms with Crippen molar-refractivity contribution in [3.05, 3.63) is 77.1 Å². The Morgan fingerprint density at radius 3 is 2.72 bits per heavy atom. The van der Waals surface area contributed by atoms with Crippen molar-refractivity contribution in [2.75, 3.05) is 4.90 Å². The second-order valence-electron chi connectivity index (χ2n) is 6.20. The Hall–Kier alpha value is -2.66. The zero-order chi connectivity index (χ0) is 17.4. The largest absolute Gasteiger partial charge is 0.274 e. The molecule has 2 atom stereocenters. The number of amides is 1. The molecule has 2 aromatic carbocycles. The van der Waals surface area contributed by atoms with Crippen LogP contribution in [0.2, 0.25) is 5.02 Å². The number of carbonyl (C=O) groups is 1. The molecular formula is C19H17ClN4O. The first kappa shape index (κ1) is 15.8. The van der Waals surface area contributed by atoms with E-state index in [0.29, 0.717) is 16.5 Å². The molecule has 25 heavy (non-hydrogen) atoms. The van der Waals surface area contributed by atoms with Crippen LogP contribution >= 0.6 is 11.6 Å². The number of rotatable bonds is 2. The Morgan fingerprint density at radius 1 is 1.16 bits per heavy atom. The van der Waals surface area contributed by atoms with E-state index in [1.54, 1.807) is 29.2 Å². The molecule has 0 fully saturated rings. The van der Waals surface area contributed by atoms with Gasteiger partial charge in [0.25, 0.3) is 5.91 Å². The lowest BCUT2D eigenvalue weighted by atomic mass is 9.97. The van der Waals surface area contributed by atoms with E-state index in [-0.39, 0.29) is 18.0 Å². The summed E-state index contributed by atoms with van der Waals surface area (Å²) in [5, 5.41) is 4.92. The van der Waals surface area contributed by atoms with Crippen LogP contribution in [0.4, 0.5) is 5.95 Å². The summed E-state index contributed by atoms with van der Waals surface area (Å²) in [7, 11) is 0. The molecule has 0 radical (unpaired) electrons. The number of nitrogens with zero attached hydrogens (tertiary/aromatic N) is 4. The van der Waals surface area contributed by atoms with E-state index in [2.05, 4.69) is 22.2 Å². The van der Waals surface area contributed by atoms with Crippen molar-refractivity contribution < 1.29 is 4.79 Å². The Bertz CT molecular complexity index is 909. The van der Waals surface area contributed by atoms with Gasteiger partial charge in [-0.05, 0) is 37.1 Å². The van der Waals surface area contributed by atoms with Gasteiger partial charge in [0.2, 0.25) is 5.95 Å². The summed E-state index contributed by atoms with van der Waals surface area (Å²) >= 11 is 6.04. The second kappa shape index (κ2) is 6.33. The molecule has 0 unspecified atom stereocenters. The van der Waals surface area contributed by atoms with Gasteiger partial charge in [-0.25, -0.2) is 4.68 Å². The molecule has 1 amide bonds. The van der Waals surface area contributed by atoms with Crippen LogP contribution in [0.25, 0.3) is 0 Å². The normalized spacial score (nSPS) is 19.5. The van der Waals surface area contributed by atoms with E-state index in [9.17, 15) is 4.79 Å². The molecule has 0 aliphatic carbocycles. The number of carbonyl (C=O) groups excluding carboxylic acids is 1. The van der Waals surface area contributed by atoms with Gasteiger partial charge < -0.3 is 0 Å². The molecule has 126 valence electrons. The third kappa shape index (κ3) is 2.81. The Labute approximate surface area is 150 Å². The summed E-state index contributed by atoms with van der Waals surface area (Å²) < 4.78 is 1.83. The van der Waals surface area contributed by atoms with E-state index < -0.39 is 0 Å². The van der Waals surface area contributed by atoms with Gasteiger partial charge in [-0.3, -0.25) is 9.69 Å². The first-order valence-electron chi connectivity index (χ1n) is 8.18. The highest BCUT2D eigenvalue weighted by atomic mass is 35.5. The number of aromatic nitrogens is 3. The summed E-state index contributed by atoms with van der Waals surface area (Å²) in [5.41, 5.74) is 1.71. The van der Waals surface area contributed by atoms with Crippen molar-refractivity contribution in [3.63, 3.8) is 0 Å². The van der Waals surface area contributed by atoms with E-state index >= 15 is 0 Å². The lowest BCUT2D eigenvalue weighted by Gasteiger charge is -2.37. The maximum atomic E-state index is 13.1. The second-order valence-corrected chi connectivity index (χ2v) is 6.64. The van der Waals surface area contributed by atoms with E-state index in [4.69, 9.17) is 11.6 Å². The lowest BCUT2D eigenvalue weighted by molar-refractivity contribution is 0.0966. The van der Waals surface area contributed by atoms with Gasteiger partial charge in [-0.2, -0.15) is 10.1 Å². The Morgan fingerprint density at radius 2 is 1.96 bits per heavy atom. The molecule has 0 N–H and O–H groups in total. The van der Waals surface area contributed by atoms with Gasteiger partial charge in [0.1, 0.15) is 6.33 Å². The van der Waals surface area contributed by atoms with Crippen molar-refractivity contribution in [3.8, 4) is 0 Å². The van der Waals surface area contributed by atoms with Crippen molar-refractivity contribution in [2.24, 2.45) is 0 Å². The molecule has 2 heterocycles. The predicted octanol–water partition coefficient (Wildman–Crippen LogP) is 3.96. The maximum Gasteiger partial charge on any atom is 0.260 e. The van der Waals surface area contributed by atoms with Crippen LogP contribution < -0.4 is 4.90 Å². The van der Waals surface area contributed by atoms with E-state index in [1.165, 1.54) is 6.33 Å². The summed E-state index contributed by atoms with van der Waals surface area (Å²) in [5.74, 6) is 0.452. The van der Waals surface area contributed by atoms with Gasteiger partial charge in [0.05, 0.1) is 6.04 Å². The maximum absolute atomic E-state index is 13.1. The monoisotopic (exact) mass is 352 g/mol. The van der Waals surface area contributed by atoms with Gasteiger partial charge in [-0.15, -0.1) is 0 Å². The van der Waals surface area contributed by atoms with Crippen LogP contribution in [0.1, 0.15) is 35.3 Å². The number of fused-ring (bicyclic) bond motifs is 1. The van der Waals surface area contributed by atoms with E-state index in [0.717, 1.165) is 12.0 Å². The molecule has 6 heteroatoms. The predicted molar refractivity (Wildman–Crippen MR) is 96.9 cm³/mol. The summed E-state index contributed by atoms with van der Waals surface area (Å²) in [6.45, 7) is 2.04. The molecule has 5 nitrogen and oxygen atoms in total. The first-order valence-corrected chi connectivity index (χ1v) is 8.56. The highest BCUT2D eigenvalue weighted by Gasteiger charge is 2.36. The Balaban J connectivity index is 1.74. The molecule has 0 saturated heterocycles. The zero-order valence-electron chi connectivity index (χ0n) is 13.7. The highest BCUT2D eigenvalue weighted by Crippen LogP contribution is 2.35. The lowest BCUT2D eigenvalue weighted by Crippen LogP contribution is -2.46. The van der Waals surface area contributed by atoms with Crippen LogP contribution in [0.5, 0.6) is 0 Å². The third-order valence-electron chi connectivity index (χ3n) is 4.54. The number of benzene rings is 2. The van der Waals surface area contributed by atoms with Crippen molar-refractivity contribution in [1.82, 2.24) is 14.8 Å². The number of hydrogen-bond acceptors (Lipinski definition) is 3. The summed E-state index contributed by atoms with van der Waals surface area (Å²) in [6, 6.07) is 17.2. The molecule has 1 aliphatic heterocycles. The average molecular weight is 353 g/mol. The van der Waals surface area contributed by atoms with Crippen molar-refractivity contribution >= 4 is 23.5 Å². The minimum absolute atomic E-state index is 0.00612. The molecule has 1 aromatic heterocycles. The van der Waals surface area contributed by atoms with Crippen LogP contribution in [-0.4, -0.2) is 26.7 Å². The number of anilines is 1. The van der Waals surface area contributed by atoms with Crippen molar-refractivity contribution in [2.45, 2.75) is 25.4 Å². The van der Waals surface area contributed by atoms with Gasteiger partial charge >= 0.3 is 0 Å². The molecule has 1 aliphatic rings. The molecule has 4 rings (SSSR count). The van der Waals surface area contributed by atoms with Crippen LogP contribution in [0.3, 0.4) is 0 Å². The third-order valence-corrected chi connectivity index (χ3v) is 4.78. The van der Waals surface area contributed by atoms with E-state index in [1.807, 2.05) is 29.8 Å². The van der Waals surface area contributed by atoms with Gasteiger partial charge in [0, 0.05) is 16.6 Å². The minimum Gasteiger partial charge on any atom is -0.274 e. The first-order chi connectivity index (χ1) is 12.1. The quantitative estimate of drug-likeness (QED) is 0.701. The van der Waals surface area contributed by atoms with Crippen LogP contribution in [-0.2, 0) is 0 Å². The average Bonchev–Trinajstić information content (AvgIpc) is 3.10. The SMILES string of the molecule is C[C@H]1C[C@@H](c2ccccc2)n2ncnc2N1C(=O)c1cccc(Cl)c1.